The summed E-state index contributed by atoms with van der Waals surface area (Å²) in [5.41, 5.74) is 2.06. The predicted octanol–water partition coefficient (Wildman–Crippen LogP) is 4.52. The largest absolute Gasteiger partial charge is 0.490 e. The highest BCUT2D eigenvalue weighted by atomic mass is 35.5. The number of aryl methyl sites for hydroxylation is 2. The molecule has 2 heterocycles. The number of carbonyl (C=O) groups is 1. The molecule has 8 heteroatoms. The van der Waals surface area contributed by atoms with Gasteiger partial charge < -0.3 is 14.4 Å². The summed E-state index contributed by atoms with van der Waals surface area (Å²) < 4.78 is 13.2. The summed E-state index contributed by atoms with van der Waals surface area (Å²) in [6.45, 7) is 5.88. The second-order valence-electron chi connectivity index (χ2n) is 9.01. The van der Waals surface area contributed by atoms with Gasteiger partial charge in [-0.3, -0.25) is 4.90 Å². The first-order valence-corrected chi connectivity index (χ1v) is 11.9. The van der Waals surface area contributed by atoms with Crippen molar-refractivity contribution in [2.45, 2.75) is 51.7 Å². The van der Waals surface area contributed by atoms with E-state index >= 15 is 0 Å². The van der Waals surface area contributed by atoms with Gasteiger partial charge in [0.1, 0.15) is 5.75 Å². The van der Waals surface area contributed by atoms with Crippen molar-refractivity contribution in [2.75, 3.05) is 26.7 Å². The maximum Gasteiger partial charge on any atom is 0.416 e. The van der Waals surface area contributed by atoms with Crippen molar-refractivity contribution in [1.82, 2.24) is 19.6 Å². The van der Waals surface area contributed by atoms with Crippen LogP contribution in [0.5, 0.6) is 11.6 Å². The summed E-state index contributed by atoms with van der Waals surface area (Å²) in [5, 5.41) is 5.08. The number of likely N-dealkylation sites (tertiary alicyclic amines) is 1. The third kappa shape index (κ3) is 5.56. The average Bonchev–Trinajstić information content (AvgIpc) is 3.37. The summed E-state index contributed by atoms with van der Waals surface area (Å²) in [4.78, 5) is 16.5. The van der Waals surface area contributed by atoms with Crippen LogP contribution >= 0.6 is 11.6 Å². The molecule has 1 aliphatic heterocycles. The lowest BCUT2D eigenvalue weighted by Crippen LogP contribution is -2.42. The van der Waals surface area contributed by atoms with Gasteiger partial charge in [0, 0.05) is 38.3 Å². The van der Waals surface area contributed by atoms with Crippen molar-refractivity contribution >= 4 is 17.7 Å². The molecule has 0 atom stereocenters. The number of amides is 1. The summed E-state index contributed by atoms with van der Waals surface area (Å²) in [5.74, 6) is 1.69. The Morgan fingerprint density at radius 3 is 2.66 bits per heavy atom. The second kappa shape index (κ2) is 10.1. The maximum absolute atomic E-state index is 12.4. The van der Waals surface area contributed by atoms with Crippen molar-refractivity contribution < 1.29 is 14.3 Å². The first kappa shape index (κ1) is 22.9. The van der Waals surface area contributed by atoms with Gasteiger partial charge in [-0.1, -0.05) is 24.6 Å². The lowest BCUT2D eigenvalue weighted by Gasteiger charge is -2.37. The van der Waals surface area contributed by atoms with E-state index in [9.17, 15) is 4.79 Å². The van der Waals surface area contributed by atoms with Gasteiger partial charge in [0.15, 0.2) is 0 Å². The third-order valence-corrected chi connectivity index (χ3v) is 6.75. The highest BCUT2D eigenvalue weighted by Gasteiger charge is 2.33. The van der Waals surface area contributed by atoms with Gasteiger partial charge in [0.05, 0.1) is 11.8 Å². The number of hydrogen-bond donors (Lipinski definition) is 0. The number of nitrogens with zero attached hydrogens (tertiary/aromatic N) is 4. The van der Waals surface area contributed by atoms with E-state index in [1.165, 1.54) is 12.8 Å². The number of ether oxygens (including phenoxy) is 2. The van der Waals surface area contributed by atoms with Gasteiger partial charge in [-0.2, -0.15) is 5.10 Å². The van der Waals surface area contributed by atoms with Crippen LogP contribution in [0.15, 0.2) is 24.3 Å². The Balaban J connectivity index is 1.20. The fraction of sp³-hybridized carbons (Fsp3) is 0.583. The predicted molar refractivity (Wildman–Crippen MR) is 124 cm³/mol. The number of aromatic nitrogens is 2. The Kier molecular flexibility index (Phi) is 7.26. The van der Waals surface area contributed by atoms with Crippen molar-refractivity contribution in [2.24, 2.45) is 13.0 Å². The quantitative estimate of drug-likeness (QED) is 0.579. The minimum Gasteiger partial charge on any atom is -0.490 e. The number of rotatable bonds is 8. The highest BCUT2D eigenvalue weighted by molar-refractivity contribution is 6.31. The number of benzene rings is 1. The standard InChI is InChI=1S/C24H33ClN4O3/c1-4-19-13-23(28(3)26-19)32-24(30)27(2)15-17-11-21(12-17)31-20-8-7-18(22(25)14-20)16-29-9-5-6-10-29/h7-8,13-14,17,21H,4-6,9-12,15-16H2,1-3H3. The Bertz CT molecular complexity index is 935. The van der Waals surface area contributed by atoms with E-state index in [1.54, 1.807) is 29.7 Å². The average molecular weight is 461 g/mol. The number of halogens is 1. The van der Waals surface area contributed by atoms with Crippen LogP contribution in [0.2, 0.25) is 5.02 Å². The molecule has 32 heavy (non-hydrogen) atoms. The van der Waals surface area contributed by atoms with E-state index in [1.807, 2.05) is 19.1 Å². The van der Waals surface area contributed by atoms with E-state index in [0.717, 1.165) is 60.9 Å². The zero-order chi connectivity index (χ0) is 22.7. The second-order valence-corrected chi connectivity index (χ2v) is 9.42. The Morgan fingerprint density at radius 1 is 1.25 bits per heavy atom. The van der Waals surface area contributed by atoms with Crippen molar-refractivity contribution in [3.63, 3.8) is 0 Å². The summed E-state index contributed by atoms with van der Waals surface area (Å²) in [7, 11) is 3.55. The Morgan fingerprint density at radius 2 is 2.00 bits per heavy atom. The molecule has 1 aromatic heterocycles. The third-order valence-electron chi connectivity index (χ3n) is 6.40. The van der Waals surface area contributed by atoms with E-state index in [-0.39, 0.29) is 12.2 Å². The van der Waals surface area contributed by atoms with Crippen LogP contribution in [0.3, 0.4) is 0 Å². The first-order valence-electron chi connectivity index (χ1n) is 11.5. The molecule has 1 amide bonds. The molecule has 0 spiro atoms. The van der Waals surface area contributed by atoms with Crippen molar-refractivity contribution in [1.29, 1.82) is 0 Å². The van der Waals surface area contributed by atoms with Crippen molar-refractivity contribution in [3.05, 3.63) is 40.5 Å². The van der Waals surface area contributed by atoms with Crippen molar-refractivity contribution in [3.8, 4) is 11.6 Å². The van der Waals surface area contributed by atoms with Crippen LogP contribution in [0.1, 0.15) is 43.9 Å². The van der Waals surface area contributed by atoms with Gasteiger partial charge in [-0.15, -0.1) is 0 Å². The molecule has 0 radical (unpaired) electrons. The molecule has 1 aliphatic carbocycles. The van der Waals surface area contributed by atoms with Crippen LogP contribution in [-0.4, -0.2) is 58.5 Å². The topological polar surface area (TPSA) is 59.8 Å². The smallest absolute Gasteiger partial charge is 0.416 e. The summed E-state index contributed by atoms with van der Waals surface area (Å²) in [6.07, 6.45) is 4.98. The molecule has 4 rings (SSSR count). The molecule has 1 saturated heterocycles. The fourth-order valence-corrected chi connectivity index (χ4v) is 4.66. The van der Waals surface area contributed by atoms with Crippen LogP contribution in [0.4, 0.5) is 4.79 Å². The van der Waals surface area contributed by atoms with Gasteiger partial charge in [-0.05, 0) is 68.8 Å². The SMILES string of the molecule is CCc1cc(OC(=O)N(C)CC2CC(Oc3ccc(CN4CCCC4)c(Cl)c3)C2)n(C)n1. The Hall–Kier alpha value is -2.25. The van der Waals surface area contributed by atoms with Gasteiger partial charge >= 0.3 is 6.09 Å². The summed E-state index contributed by atoms with van der Waals surface area (Å²) in [6, 6.07) is 7.84. The molecule has 2 aromatic rings. The molecule has 1 aromatic carbocycles. The maximum atomic E-state index is 12.4. The Labute approximate surface area is 195 Å². The highest BCUT2D eigenvalue weighted by Crippen LogP contribution is 2.33. The molecule has 0 bridgehead atoms. The molecule has 7 nitrogen and oxygen atoms in total. The summed E-state index contributed by atoms with van der Waals surface area (Å²) >= 11 is 6.50. The first-order chi connectivity index (χ1) is 15.4. The molecular formula is C24H33ClN4O3. The van der Waals surface area contributed by atoms with Gasteiger partial charge in [-0.25, -0.2) is 9.48 Å². The normalized spacial score (nSPS) is 20.8. The lowest BCUT2D eigenvalue weighted by molar-refractivity contribution is 0.0481. The molecule has 0 N–H and O–H groups in total. The van der Waals surface area contributed by atoms with Gasteiger partial charge in [0.25, 0.3) is 0 Å². The lowest BCUT2D eigenvalue weighted by atomic mass is 9.82. The van der Waals surface area contributed by atoms with Gasteiger partial charge in [0.2, 0.25) is 5.88 Å². The minimum atomic E-state index is -0.361. The van der Waals surface area contributed by atoms with E-state index in [0.29, 0.717) is 18.3 Å². The monoisotopic (exact) mass is 460 g/mol. The van der Waals surface area contributed by atoms with E-state index < -0.39 is 0 Å². The number of carbonyl (C=O) groups excluding carboxylic acids is 1. The van der Waals surface area contributed by atoms with Crippen LogP contribution < -0.4 is 9.47 Å². The molecule has 1 saturated carbocycles. The van der Waals surface area contributed by atoms with Crippen LogP contribution in [0.25, 0.3) is 0 Å². The zero-order valence-electron chi connectivity index (χ0n) is 19.2. The van der Waals surface area contributed by atoms with E-state index in [4.69, 9.17) is 21.1 Å². The number of hydrogen-bond acceptors (Lipinski definition) is 5. The van der Waals surface area contributed by atoms with Crippen LogP contribution in [-0.2, 0) is 20.0 Å². The molecule has 2 fully saturated rings. The molecule has 174 valence electrons. The zero-order valence-corrected chi connectivity index (χ0v) is 20.0. The molecule has 2 aliphatic rings. The van der Waals surface area contributed by atoms with E-state index in [2.05, 4.69) is 16.1 Å². The fourth-order valence-electron chi connectivity index (χ4n) is 4.43. The molecular weight excluding hydrogens is 428 g/mol. The van der Waals surface area contributed by atoms with Crippen LogP contribution in [0, 0.1) is 5.92 Å². The molecule has 0 unspecified atom stereocenters. The minimum absolute atomic E-state index is 0.161.